The minimum Gasteiger partial charge on any atom is -0.333 e. The Morgan fingerprint density at radius 2 is 1.76 bits per heavy atom. The Labute approximate surface area is 180 Å². The minimum atomic E-state index is -0.257. The van der Waals surface area contributed by atoms with Crippen molar-refractivity contribution in [3.63, 3.8) is 0 Å². The fourth-order valence-corrected chi connectivity index (χ4v) is 4.39. The maximum atomic E-state index is 12.9. The van der Waals surface area contributed by atoms with Gasteiger partial charge >= 0.3 is 0 Å². The van der Waals surface area contributed by atoms with E-state index in [4.69, 9.17) is 0 Å². The van der Waals surface area contributed by atoms with Crippen LogP contribution in [0.5, 0.6) is 0 Å². The molecule has 0 spiro atoms. The smallest absolute Gasteiger partial charge is 0.233 e. The highest BCUT2D eigenvalue weighted by Crippen LogP contribution is 2.29. The van der Waals surface area contributed by atoms with Crippen molar-refractivity contribution in [2.45, 2.75) is 44.1 Å². The molecule has 1 heterocycles. The van der Waals surface area contributed by atoms with Crippen LogP contribution in [-0.2, 0) is 11.3 Å². The van der Waals surface area contributed by atoms with Gasteiger partial charge in [0.2, 0.25) is 11.0 Å². The van der Waals surface area contributed by atoms with E-state index in [0.717, 1.165) is 20.7 Å². The highest BCUT2D eigenvalue weighted by Gasteiger charge is 2.26. The number of carbonyl (C=O) groups excluding carboxylic acids is 1. The van der Waals surface area contributed by atoms with Crippen LogP contribution in [0.15, 0.2) is 58.9 Å². The summed E-state index contributed by atoms with van der Waals surface area (Å²) in [7, 11) is 0. The SMILES string of the molecule is Cc1ccc(Nc2nnc(SCC(=O)N(Cc3ccccc3)C(C)(C)C)s2)cc1. The number of rotatable bonds is 7. The van der Waals surface area contributed by atoms with Crippen LogP contribution in [0.4, 0.5) is 10.8 Å². The molecule has 5 nitrogen and oxygen atoms in total. The second-order valence-corrected chi connectivity index (χ2v) is 9.99. The summed E-state index contributed by atoms with van der Waals surface area (Å²) < 4.78 is 0.779. The lowest BCUT2D eigenvalue weighted by molar-refractivity contribution is -0.133. The number of thioether (sulfide) groups is 1. The molecule has 3 rings (SSSR count). The van der Waals surface area contributed by atoms with Crippen molar-refractivity contribution in [1.29, 1.82) is 0 Å². The number of hydrogen-bond donors (Lipinski definition) is 1. The van der Waals surface area contributed by atoms with E-state index in [1.54, 1.807) is 0 Å². The molecule has 0 fully saturated rings. The zero-order valence-corrected chi connectivity index (χ0v) is 18.8. The van der Waals surface area contributed by atoms with Gasteiger partial charge in [0.1, 0.15) is 0 Å². The highest BCUT2D eigenvalue weighted by atomic mass is 32.2. The Balaban J connectivity index is 1.59. The van der Waals surface area contributed by atoms with Crippen LogP contribution >= 0.6 is 23.1 Å². The van der Waals surface area contributed by atoms with Gasteiger partial charge in [-0.05, 0) is 45.4 Å². The minimum absolute atomic E-state index is 0.0922. The Morgan fingerprint density at radius 1 is 1.07 bits per heavy atom. The van der Waals surface area contributed by atoms with E-state index in [1.807, 2.05) is 59.5 Å². The van der Waals surface area contributed by atoms with Gasteiger partial charge in [0.05, 0.1) is 5.75 Å². The van der Waals surface area contributed by atoms with Gasteiger partial charge < -0.3 is 10.2 Å². The molecule has 152 valence electrons. The first-order valence-electron chi connectivity index (χ1n) is 9.45. The molecule has 3 aromatic rings. The summed E-state index contributed by atoms with van der Waals surface area (Å²) >= 11 is 2.89. The van der Waals surface area contributed by atoms with E-state index in [9.17, 15) is 4.79 Å². The molecule has 1 aromatic heterocycles. The number of nitrogens with one attached hydrogen (secondary N) is 1. The zero-order valence-electron chi connectivity index (χ0n) is 17.2. The summed E-state index contributed by atoms with van der Waals surface area (Å²) in [6.07, 6.45) is 0. The van der Waals surface area contributed by atoms with Crippen molar-refractivity contribution in [3.8, 4) is 0 Å². The first kappa shape index (κ1) is 21.3. The van der Waals surface area contributed by atoms with Crippen molar-refractivity contribution in [2.24, 2.45) is 0 Å². The van der Waals surface area contributed by atoms with Crippen LogP contribution < -0.4 is 5.32 Å². The molecule has 2 aromatic carbocycles. The number of aryl methyl sites for hydroxylation is 1. The van der Waals surface area contributed by atoms with E-state index >= 15 is 0 Å². The lowest BCUT2D eigenvalue weighted by atomic mass is 10.0. The maximum absolute atomic E-state index is 12.9. The predicted octanol–water partition coefficient (Wildman–Crippen LogP) is 5.51. The van der Waals surface area contributed by atoms with Crippen LogP contribution in [0.2, 0.25) is 0 Å². The standard InChI is InChI=1S/C22H26N4OS2/c1-16-10-12-18(13-11-16)23-20-24-25-21(29-20)28-15-19(27)26(22(2,3)4)14-17-8-6-5-7-9-17/h5-13H,14-15H2,1-4H3,(H,23,24). The van der Waals surface area contributed by atoms with Gasteiger partial charge in [-0.25, -0.2) is 0 Å². The molecule has 0 radical (unpaired) electrons. The van der Waals surface area contributed by atoms with Crippen molar-refractivity contribution < 1.29 is 4.79 Å². The predicted molar refractivity (Wildman–Crippen MR) is 122 cm³/mol. The Hall–Kier alpha value is -2.38. The summed E-state index contributed by atoms with van der Waals surface area (Å²) in [5.41, 5.74) is 3.05. The van der Waals surface area contributed by atoms with E-state index < -0.39 is 0 Å². The van der Waals surface area contributed by atoms with Gasteiger partial charge in [-0.2, -0.15) is 0 Å². The summed E-state index contributed by atoms with van der Waals surface area (Å²) in [4.78, 5) is 14.9. The van der Waals surface area contributed by atoms with Crippen molar-refractivity contribution in [2.75, 3.05) is 11.1 Å². The third-order valence-electron chi connectivity index (χ3n) is 4.32. The van der Waals surface area contributed by atoms with Crippen LogP contribution in [-0.4, -0.2) is 32.3 Å². The monoisotopic (exact) mass is 426 g/mol. The molecular weight excluding hydrogens is 400 g/mol. The van der Waals surface area contributed by atoms with Crippen molar-refractivity contribution in [3.05, 3.63) is 65.7 Å². The third-order valence-corrected chi connectivity index (χ3v) is 6.28. The molecule has 1 N–H and O–H groups in total. The van der Waals surface area contributed by atoms with Gasteiger partial charge in [-0.15, -0.1) is 10.2 Å². The molecule has 0 aliphatic heterocycles. The number of benzene rings is 2. The van der Waals surface area contributed by atoms with E-state index in [-0.39, 0.29) is 11.4 Å². The second kappa shape index (κ2) is 9.41. The summed E-state index contributed by atoms with van der Waals surface area (Å²) in [6, 6.07) is 18.2. The van der Waals surface area contributed by atoms with Gasteiger partial charge in [0.25, 0.3) is 0 Å². The average Bonchev–Trinajstić information content (AvgIpc) is 3.13. The number of carbonyl (C=O) groups is 1. The van der Waals surface area contributed by atoms with E-state index in [2.05, 4.69) is 43.2 Å². The fourth-order valence-electron chi connectivity index (χ4n) is 2.75. The van der Waals surface area contributed by atoms with Gasteiger partial charge in [-0.1, -0.05) is 71.1 Å². The van der Waals surface area contributed by atoms with Gasteiger partial charge in [-0.3, -0.25) is 4.79 Å². The largest absolute Gasteiger partial charge is 0.333 e. The van der Waals surface area contributed by atoms with Gasteiger partial charge in [0, 0.05) is 17.8 Å². The lowest BCUT2D eigenvalue weighted by Gasteiger charge is -2.36. The molecule has 7 heteroatoms. The second-order valence-electron chi connectivity index (χ2n) is 7.79. The number of nitrogens with zero attached hydrogens (tertiary/aromatic N) is 3. The lowest BCUT2D eigenvalue weighted by Crippen LogP contribution is -2.45. The first-order valence-corrected chi connectivity index (χ1v) is 11.3. The summed E-state index contributed by atoms with van der Waals surface area (Å²) in [5, 5.41) is 12.4. The Kier molecular flexibility index (Phi) is 6.92. The van der Waals surface area contributed by atoms with Crippen LogP contribution in [0.3, 0.4) is 0 Å². The third kappa shape index (κ3) is 6.30. The van der Waals surface area contributed by atoms with Gasteiger partial charge in [0.15, 0.2) is 4.34 Å². The molecular formula is C22H26N4OS2. The molecule has 0 saturated heterocycles. The highest BCUT2D eigenvalue weighted by molar-refractivity contribution is 8.01. The Bertz CT molecular complexity index is 933. The van der Waals surface area contributed by atoms with Crippen molar-refractivity contribution >= 4 is 39.8 Å². The molecule has 0 aliphatic rings. The Morgan fingerprint density at radius 3 is 2.41 bits per heavy atom. The fraction of sp³-hybridized carbons (Fsp3) is 0.318. The van der Waals surface area contributed by atoms with Crippen LogP contribution in [0.1, 0.15) is 31.9 Å². The van der Waals surface area contributed by atoms with Crippen LogP contribution in [0, 0.1) is 6.92 Å². The summed E-state index contributed by atoms with van der Waals surface area (Å²) in [6.45, 7) is 8.84. The summed E-state index contributed by atoms with van der Waals surface area (Å²) in [5.74, 6) is 0.429. The van der Waals surface area contributed by atoms with E-state index in [1.165, 1.54) is 28.7 Å². The van der Waals surface area contributed by atoms with Crippen molar-refractivity contribution in [1.82, 2.24) is 15.1 Å². The quantitative estimate of drug-likeness (QED) is 0.505. The maximum Gasteiger partial charge on any atom is 0.233 e. The first-order chi connectivity index (χ1) is 13.8. The molecule has 0 unspecified atom stereocenters. The molecule has 0 bridgehead atoms. The topological polar surface area (TPSA) is 58.1 Å². The van der Waals surface area contributed by atoms with E-state index in [0.29, 0.717) is 12.3 Å². The molecule has 0 saturated carbocycles. The number of aromatic nitrogens is 2. The number of hydrogen-bond acceptors (Lipinski definition) is 6. The number of anilines is 2. The zero-order chi connectivity index (χ0) is 20.9. The average molecular weight is 427 g/mol. The molecule has 0 aliphatic carbocycles. The normalized spacial score (nSPS) is 11.3. The van der Waals surface area contributed by atoms with Crippen LogP contribution in [0.25, 0.3) is 0 Å². The molecule has 29 heavy (non-hydrogen) atoms. The molecule has 0 atom stereocenters. The molecule has 1 amide bonds. The number of amides is 1.